The first-order chi connectivity index (χ1) is 10.7. The van der Waals surface area contributed by atoms with E-state index in [1.54, 1.807) is 0 Å². The van der Waals surface area contributed by atoms with Crippen LogP contribution in [-0.4, -0.2) is 42.3 Å². The summed E-state index contributed by atoms with van der Waals surface area (Å²) in [7, 11) is 0. The number of esters is 1. The molecule has 124 valence electrons. The van der Waals surface area contributed by atoms with Gasteiger partial charge in [0.1, 0.15) is 12.5 Å². The van der Waals surface area contributed by atoms with E-state index in [9.17, 15) is 14.4 Å². The van der Waals surface area contributed by atoms with Crippen LogP contribution in [0.2, 0.25) is 0 Å². The number of hydrogen-bond acceptors (Lipinski definition) is 4. The number of allylic oxidation sites excluding steroid dienone is 2. The summed E-state index contributed by atoms with van der Waals surface area (Å²) in [4.78, 5) is 37.5. The van der Waals surface area contributed by atoms with Crippen LogP contribution >= 0.6 is 0 Å². The van der Waals surface area contributed by atoms with Crippen molar-refractivity contribution in [3.05, 3.63) is 11.6 Å². The quantitative estimate of drug-likeness (QED) is 0.333. The number of hydrogen-bond donors (Lipinski definition) is 0. The Labute approximate surface area is 137 Å². The van der Waals surface area contributed by atoms with Crippen molar-refractivity contribution in [1.29, 1.82) is 0 Å². The van der Waals surface area contributed by atoms with E-state index in [2.05, 4.69) is 12.0 Å². The van der Waals surface area contributed by atoms with E-state index < -0.39 is 5.92 Å². The number of ketones is 1. The summed E-state index contributed by atoms with van der Waals surface area (Å²) in [6.07, 6.45) is 7.25. The molecule has 1 amide bonds. The van der Waals surface area contributed by atoms with Gasteiger partial charge in [-0.1, -0.05) is 31.4 Å². The average molecular weight is 317 g/mol. The molecule has 2 rings (SSSR count). The minimum atomic E-state index is -0.906. The predicted octanol–water partition coefficient (Wildman–Crippen LogP) is 1.43. The fourth-order valence-corrected chi connectivity index (χ4v) is 3.20. The molecule has 1 aliphatic carbocycles. The summed E-state index contributed by atoms with van der Waals surface area (Å²) in [6, 6.07) is 0. The zero-order valence-corrected chi connectivity index (χ0v) is 14.1. The van der Waals surface area contributed by atoms with Crippen LogP contribution in [-0.2, 0) is 19.1 Å². The zero-order valence-electron chi connectivity index (χ0n) is 14.1. The Morgan fingerprint density at radius 2 is 2.09 bits per heavy atom. The van der Waals surface area contributed by atoms with Gasteiger partial charge in [-0.25, -0.2) is 0 Å². The van der Waals surface area contributed by atoms with Crippen LogP contribution in [0.25, 0.3) is 0 Å². The molecular weight excluding hydrogens is 294 g/mol. The minimum absolute atomic E-state index is 0.000560. The van der Waals surface area contributed by atoms with Crippen LogP contribution in [0.15, 0.2) is 11.6 Å². The van der Waals surface area contributed by atoms with E-state index in [0.29, 0.717) is 0 Å². The van der Waals surface area contributed by atoms with Crippen molar-refractivity contribution < 1.29 is 19.1 Å². The van der Waals surface area contributed by atoms with E-state index in [1.165, 1.54) is 4.90 Å². The maximum absolute atomic E-state index is 12.3. The molecule has 1 aliphatic heterocycles. The number of carbonyl (C=O) groups is 3. The van der Waals surface area contributed by atoms with Gasteiger partial charge in [0.05, 0.1) is 19.0 Å². The van der Waals surface area contributed by atoms with Crippen LogP contribution < -0.4 is 0 Å². The van der Waals surface area contributed by atoms with Crippen molar-refractivity contribution >= 4 is 17.7 Å². The Bertz CT molecular complexity index is 607. The SMILES string of the molecule is C#CCN1CC(=O)C(COC(=O)[C@@H]2[C@@H](C=C(C)C)C2(C)C)C1=O. The van der Waals surface area contributed by atoms with Gasteiger partial charge in [0.15, 0.2) is 5.78 Å². The molecule has 1 heterocycles. The van der Waals surface area contributed by atoms with Crippen molar-refractivity contribution in [2.75, 3.05) is 19.7 Å². The number of ether oxygens (including phenoxy) is 1. The molecule has 0 aromatic rings. The molecule has 2 fully saturated rings. The molecule has 0 N–H and O–H groups in total. The van der Waals surface area contributed by atoms with Crippen LogP contribution in [0.3, 0.4) is 0 Å². The lowest BCUT2D eigenvalue weighted by Crippen LogP contribution is -2.30. The van der Waals surface area contributed by atoms with Crippen molar-refractivity contribution in [1.82, 2.24) is 4.90 Å². The van der Waals surface area contributed by atoms with E-state index in [1.807, 2.05) is 27.7 Å². The molecular formula is C18H23NO4. The molecule has 0 aromatic heterocycles. The Balaban J connectivity index is 1.93. The topological polar surface area (TPSA) is 63.7 Å². The second-order valence-electron chi connectivity index (χ2n) is 7.12. The molecule has 5 heteroatoms. The third-order valence-electron chi connectivity index (χ3n) is 4.70. The lowest BCUT2D eigenvalue weighted by atomic mass is 10.1. The van der Waals surface area contributed by atoms with E-state index in [-0.39, 0.29) is 54.6 Å². The lowest BCUT2D eigenvalue weighted by molar-refractivity contribution is -0.149. The Morgan fingerprint density at radius 3 is 2.65 bits per heavy atom. The molecule has 1 saturated heterocycles. The number of likely N-dealkylation sites (tertiary alicyclic amines) is 1. The van der Waals surface area contributed by atoms with Crippen molar-refractivity contribution in [2.45, 2.75) is 27.7 Å². The standard InChI is InChI=1S/C18H23NO4/c1-6-7-19-9-14(20)12(16(19)21)10-23-17(22)15-13(8-11(2)3)18(15,4)5/h1,8,12-13,15H,7,9-10H2,2-5H3/t12?,13-,15+/m1/s1. The number of amides is 1. The van der Waals surface area contributed by atoms with Gasteiger partial charge in [0.2, 0.25) is 5.91 Å². The van der Waals surface area contributed by atoms with E-state index in [0.717, 1.165) is 5.57 Å². The zero-order chi connectivity index (χ0) is 17.4. The maximum atomic E-state index is 12.3. The molecule has 2 aliphatic rings. The van der Waals surface area contributed by atoms with Crippen molar-refractivity contribution in [3.8, 4) is 12.3 Å². The number of rotatable bonds is 5. The molecule has 1 saturated carbocycles. The largest absolute Gasteiger partial charge is 0.464 e. The highest BCUT2D eigenvalue weighted by molar-refractivity contribution is 6.08. The Morgan fingerprint density at radius 1 is 1.43 bits per heavy atom. The van der Waals surface area contributed by atoms with Crippen LogP contribution in [0, 0.1) is 35.5 Å². The summed E-state index contributed by atoms with van der Waals surface area (Å²) in [5.74, 6) is 0.439. The van der Waals surface area contributed by atoms with Crippen LogP contribution in [0.1, 0.15) is 27.7 Å². The summed E-state index contributed by atoms with van der Waals surface area (Å²) >= 11 is 0. The molecule has 3 atom stereocenters. The number of Topliss-reactive ketones (excluding diaryl/α,β-unsaturated/α-hetero) is 1. The highest BCUT2D eigenvalue weighted by atomic mass is 16.5. The molecule has 0 bridgehead atoms. The van der Waals surface area contributed by atoms with Crippen molar-refractivity contribution in [2.24, 2.45) is 23.2 Å². The van der Waals surface area contributed by atoms with Gasteiger partial charge in [-0.15, -0.1) is 6.42 Å². The van der Waals surface area contributed by atoms with Crippen LogP contribution in [0.5, 0.6) is 0 Å². The third-order valence-corrected chi connectivity index (χ3v) is 4.70. The van der Waals surface area contributed by atoms with Gasteiger partial charge < -0.3 is 9.64 Å². The highest BCUT2D eigenvalue weighted by Gasteiger charge is 2.61. The van der Waals surface area contributed by atoms with Crippen molar-refractivity contribution in [3.63, 3.8) is 0 Å². The molecule has 5 nitrogen and oxygen atoms in total. The van der Waals surface area contributed by atoms with Gasteiger partial charge in [-0.2, -0.15) is 0 Å². The monoisotopic (exact) mass is 317 g/mol. The molecule has 0 aromatic carbocycles. The normalized spacial score (nSPS) is 28.3. The number of terminal acetylenes is 1. The molecule has 23 heavy (non-hydrogen) atoms. The molecule has 0 radical (unpaired) electrons. The first-order valence-electron chi connectivity index (χ1n) is 7.76. The summed E-state index contributed by atoms with van der Waals surface area (Å²) in [6.45, 7) is 7.94. The van der Waals surface area contributed by atoms with E-state index >= 15 is 0 Å². The molecule has 1 unspecified atom stereocenters. The average Bonchev–Trinajstić information content (AvgIpc) is 2.85. The first kappa shape index (κ1) is 17.3. The van der Waals surface area contributed by atoms with Gasteiger partial charge in [0, 0.05) is 0 Å². The lowest BCUT2D eigenvalue weighted by Gasteiger charge is -2.12. The summed E-state index contributed by atoms with van der Waals surface area (Å²) in [5.41, 5.74) is 1.01. The molecule has 0 spiro atoms. The van der Waals surface area contributed by atoms with Crippen LogP contribution in [0.4, 0.5) is 0 Å². The second kappa shape index (κ2) is 6.19. The Kier molecular flexibility index (Phi) is 4.65. The fraction of sp³-hybridized carbons (Fsp3) is 0.611. The number of carbonyl (C=O) groups excluding carboxylic acids is 3. The van der Waals surface area contributed by atoms with Gasteiger partial charge >= 0.3 is 5.97 Å². The Hall–Kier alpha value is -2.09. The summed E-state index contributed by atoms with van der Waals surface area (Å²) < 4.78 is 5.28. The highest BCUT2D eigenvalue weighted by Crippen LogP contribution is 2.59. The number of nitrogens with zero attached hydrogens (tertiary/aromatic N) is 1. The fourth-order valence-electron chi connectivity index (χ4n) is 3.20. The third kappa shape index (κ3) is 3.31. The first-order valence-corrected chi connectivity index (χ1v) is 7.76. The summed E-state index contributed by atoms with van der Waals surface area (Å²) in [5, 5.41) is 0. The van der Waals surface area contributed by atoms with Gasteiger partial charge in [-0.05, 0) is 25.2 Å². The minimum Gasteiger partial charge on any atom is -0.464 e. The smallest absolute Gasteiger partial charge is 0.310 e. The van der Waals surface area contributed by atoms with Gasteiger partial charge in [-0.3, -0.25) is 14.4 Å². The van der Waals surface area contributed by atoms with E-state index in [4.69, 9.17) is 11.2 Å². The second-order valence-corrected chi connectivity index (χ2v) is 7.12. The predicted molar refractivity (Wildman–Crippen MR) is 85.1 cm³/mol. The van der Waals surface area contributed by atoms with Gasteiger partial charge in [0.25, 0.3) is 0 Å². The maximum Gasteiger partial charge on any atom is 0.310 e.